The highest BCUT2D eigenvalue weighted by atomic mass is 16.5. The van der Waals surface area contributed by atoms with Gasteiger partial charge in [-0.3, -0.25) is 4.79 Å². The molecule has 0 aromatic carbocycles. The Morgan fingerprint density at radius 2 is 1.81 bits per heavy atom. The minimum atomic E-state index is -0.401. The predicted octanol–water partition coefficient (Wildman–Crippen LogP) is 0.899. The molecular weight excluding hydrogens is 208 g/mol. The average Bonchev–Trinajstić information content (AvgIpc) is 2.13. The van der Waals surface area contributed by atoms with Crippen LogP contribution in [0.3, 0.4) is 0 Å². The molecule has 1 fully saturated rings. The number of ether oxygens (including phenoxy) is 1. The summed E-state index contributed by atoms with van der Waals surface area (Å²) in [4.78, 5) is 11.2. The van der Waals surface area contributed by atoms with Crippen molar-refractivity contribution >= 4 is 5.97 Å². The van der Waals surface area contributed by atoms with Crippen molar-refractivity contribution in [2.75, 3.05) is 6.54 Å². The molecule has 0 bridgehead atoms. The lowest BCUT2D eigenvalue weighted by molar-refractivity contribution is -0.259. The van der Waals surface area contributed by atoms with Gasteiger partial charge in [0.05, 0.1) is 6.54 Å². The molecule has 3 N–H and O–H groups in total. The van der Waals surface area contributed by atoms with Gasteiger partial charge in [-0.2, -0.15) is 5.06 Å². The van der Waals surface area contributed by atoms with Gasteiger partial charge in [0.15, 0.2) is 0 Å². The van der Waals surface area contributed by atoms with Gasteiger partial charge in [-0.05, 0) is 27.7 Å². The molecular formula is C11H22N2O3. The molecule has 0 unspecified atom stereocenters. The van der Waals surface area contributed by atoms with Crippen molar-refractivity contribution in [3.8, 4) is 0 Å². The summed E-state index contributed by atoms with van der Waals surface area (Å²) < 4.78 is 5.26. The first-order valence-electron chi connectivity index (χ1n) is 5.58. The molecule has 0 amide bonds. The zero-order valence-corrected chi connectivity index (χ0v) is 10.5. The van der Waals surface area contributed by atoms with E-state index in [1.54, 1.807) is 0 Å². The van der Waals surface area contributed by atoms with Crippen molar-refractivity contribution in [3.63, 3.8) is 0 Å². The first kappa shape index (κ1) is 13.4. The predicted molar refractivity (Wildman–Crippen MR) is 60.0 cm³/mol. The lowest BCUT2D eigenvalue weighted by Crippen LogP contribution is -2.60. The Morgan fingerprint density at radius 3 is 2.19 bits per heavy atom. The Labute approximate surface area is 96.5 Å². The van der Waals surface area contributed by atoms with Crippen molar-refractivity contribution in [1.82, 2.24) is 5.06 Å². The van der Waals surface area contributed by atoms with Crippen LogP contribution < -0.4 is 5.73 Å². The quantitative estimate of drug-likeness (QED) is 0.689. The van der Waals surface area contributed by atoms with E-state index in [2.05, 4.69) is 0 Å². The fourth-order valence-electron chi connectivity index (χ4n) is 2.50. The SMILES string of the molecule is CC1(C)CC(OC(=O)CN)CC(C)(C)N1O. The van der Waals surface area contributed by atoms with E-state index in [0.717, 1.165) is 0 Å². The van der Waals surface area contributed by atoms with Gasteiger partial charge in [-0.25, -0.2) is 0 Å². The largest absolute Gasteiger partial charge is 0.461 e. The normalized spacial score (nSPS) is 25.4. The van der Waals surface area contributed by atoms with Gasteiger partial charge in [0, 0.05) is 23.9 Å². The number of rotatable bonds is 2. The second kappa shape index (κ2) is 4.31. The minimum absolute atomic E-state index is 0.0970. The van der Waals surface area contributed by atoms with E-state index >= 15 is 0 Å². The first-order chi connectivity index (χ1) is 7.19. The second-order valence-corrected chi connectivity index (χ2v) is 5.66. The van der Waals surface area contributed by atoms with Gasteiger partial charge in [-0.1, -0.05) is 0 Å². The van der Waals surface area contributed by atoms with Crippen LogP contribution in [0, 0.1) is 0 Å². The first-order valence-corrected chi connectivity index (χ1v) is 5.58. The van der Waals surface area contributed by atoms with Crippen LogP contribution >= 0.6 is 0 Å². The molecule has 0 atom stereocenters. The number of esters is 1. The van der Waals surface area contributed by atoms with E-state index in [1.165, 1.54) is 5.06 Å². The Morgan fingerprint density at radius 1 is 1.38 bits per heavy atom. The highest BCUT2D eigenvalue weighted by Gasteiger charge is 2.46. The summed E-state index contributed by atoms with van der Waals surface area (Å²) in [6.07, 6.45) is 1.04. The lowest BCUT2D eigenvalue weighted by Gasteiger charge is -2.50. The van der Waals surface area contributed by atoms with E-state index in [0.29, 0.717) is 12.8 Å². The van der Waals surface area contributed by atoms with Gasteiger partial charge in [0.25, 0.3) is 0 Å². The van der Waals surface area contributed by atoms with Crippen molar-refractivity contribution in [1.29, 1.82) is 0 Å². The van der Waals surface area contributed by atoms with Crippen LogP contribution in [0.4, 0.5) is 0 Å². The number of nitrogens with two attached hydrogens (primary N) is 1. The van der Waals surface area contributed by atoms with Crippen molar-refractivity contribution in [2.24, 2.45) is 5.73 Å². The Bertz CT molecular complexity index is 258. The van der Waals surface area contributed by atoms with Crippen LogP contribution in [0.25, 0.3) is 0 Å². The molecule has 94 valence electrons. The molecule has 1 heterocycles. The summed E-state index contributed by atoms with van der Waals surface area (Å²) in [6, 6.07) is 0. The smallest absolute Gasteiger partial charge is 0.319 e. The molecule has 0 radical (unpaired) electrons. The maximum absolute atomic E-state index is 11.2. The van der Waals surface area contributed by atoms with Crippen LogP contribution in [0.5, 0.6) is 0 Å². The summed E-state index contributed by atoms with van der Waals surface area (Å²) in [7, 11) is 0. The van der Waals surface area contributed by atoms with Gasteiger partial charge in [0.1, 0.15) is 6.10 Å². The average molecular weight is 230 g/mol. The maximum Gasteiger partial charge on any atom is 0.319 e. The minimum Gasteiger partial charge on any atom is -0.461 e. The molecule has 0 aromatic heterocycles. The molecule has 5 heteroatoms. The Balaban J connectivity index is 2.75. The molecule has 1 rings (SSSR count). The summed E-state index contributed by atoms with van der Waals surface area (Å²) in [5, 5.41) is 11.4. The van der Waals surface area contributed by atoms with Crippen LogP contribution in [-0.4, -0.2) is 40.0 Å². The summed E-state index contributed by atoms with van der Waals surface area (Å²) >= 11 is 0. The van der Waals surface area contributed by atoms with E-state index in [1.807, 2.05) is 27.7 Å². The summed E-state index contributed by atoms with van der Waals surface area (Å²) in [5.74, 6) is -0.386. The third kappa shape index (κ3) is 2.72. The van der Waals surface area contributed by atoms with E-state index in [9.17, 15) is 10.0 Å². The Kier molecular flexibility index (Phi) is 3.62. The highest BCUT2D eigenvalue weighted by Crippen LogP contribution is 2.37. The number of carbonyl (C=O) groups excluding carboxylic acids is 1. The monoisotopic (exact) mass is 230 g/mol. The standard InChI is InChI=1S/C11H22N2O3/c1-10(2)5-8(16-9(14)7-12)6-11(3,4)13(10)15/h8,15H,5-7,12H2,1-4H3. The molecule has 1 aliphatic heterocycles. The van der Waals surface area contributed by atoms with Crippen LogP contribution in [0.1, 0.15) is 40.5 Å². The van der Waals surface area contributed by atoms with Crippen LogP contribution in [0.15, 0.2) is 0 Å². The molecule has 1 aliphatic rings. The zero-order valence-electron chi connectivity index (χ0n) is 10.5. The van der Waals surface area contributed by atoms with Crippen molar-refractivity contribution < 1.29 is 14.7 Å². The molecule has 0 saturated carbocycles. The van der Waals surface area contributed by atoms with Gasteiger partial charge in [0.2, 0.25) is 0 Å². The molecule has 0 aromatic rings. The van der Waals surface area contributed by atoms with E-state index in [-0.39, 0.29) is 18.6 Å². The number of nitrogens with zero attached hydrogens (tertiary/aromatic N) is 1. The number of hydrogen-bond donors (Lipinski definition) is 2. The summed E-state index contributed by atoms with van der Waals surface area (Å²) in [5.41, 5.74) is 4.41. The van der Waals surface area contributed by atoms with Gasteiger partial charge in [-0.15, -0.1) is 0 Å². The molecule has 1 saturated heterocycles. The fourth-order valence-corrected chi connectivity index (χ4v) is 2.50. The van der Waals surface area contributed by atoms with Gasteiger partial charge >= 0.3 is 5.97 Å². The number of carbonyl (C=O) groups is 1. The topological polar surface area (TPSA) is 75.8 Å². The molecule has 16 heavy (non-hydrogen) atoms. The second-order valence-electron chi connectivity index (χ2n) is 5.66. The fraction of sp³-hybridized carbons (Fsp3) is 0.909. The molecule has 5 nitrogen and oxygen atoms in total. The lowest BCUT2D eigenvalue weighted by atomic mass is 9.80. The van der Waals surface area contributed by atoms with Crippen LogP contribution in [0.2, 0.25) is 0 Å². The van der Waals surface area contributed by atoms with E-state index < -0.39 is 11.1 Å². The van der Waals surface area contributed by atoms with Crippen LogP contribution in [-0.2, 0) is 9.53 Å². The summed E-state index contributed by atoms with van der Waals surface area (Å²) in [6.45, 7) is 7.61. The maximum atomic E-state index is 11.2. The number of hydrogen-bond acceptors (Lipinski definition) is 5. The number of hydroxylamine groups is 2. The number of piperidine rings is 1. The van der Waals surface area contributed by atoms with Crippen molar-refractivity contribution in [2.45, 2.75) is 57.7 Å². The molecule has 0 aliphatic carbocycles. The van der Waals surface area contributed by atoms with Gasteiger partial charge < -0.3 is 15.7 Å². The van der Waals surface area contributed by atoms with E-state index in [4.69, 9.17) is 10.5 Å². The third-order valence-electron chi connectivity index (χ3n) is 3.07. The Hall–Kier alpha value is -0.650. The highest BCUT2D eigenvalue weighted by molar-refractivity contribution is 5.71. The zero-order chi connectivity index (χ0) is 12.6. The van der Waals surface area contributed by atoms with Crippen molar-refractivity contribution in [3.05, 3.63) is 0 Å². The third-order valence-corrected chi connectivity index (χ3v) is 3.07. The molecule has 0 spiro atoms.